The van der Waals surface area contributed by atoms with Crippen LogP contribution < -0.4 is 5.56 Å². The van der Waals surface area contributed by atoms with Crippen LogP contribution in [0.25, 0.3) is 10.9 Å². The third-order valence-corrected chi connectivity index (χ3v) is 4.54. The molecular weight excluding hydrogens is 365 g/mol. The van der Waals surface area contributed by atoms with Crippen molar-refractivity contribution in [3.05, 3.63) is 87.2 Å². The third kappa shape index (κ3) is 3.88. The molecule has 138 valence electrons. The van der Waals surface area contributed by atoms with E-state index < -0.39 is 0 Å². The molecule has 0 spiro atoms. The van der Waals surface area contributed by atoms with Crippen molar-refractivity contribution in [3.63, 3.8) is 0 Å². The average Bonchev–Trinajstić information content (AvgIpc) is 2.65. The maximum Gasteiger partial charge on any atom is 0.262 e. The van der Waals surface area contributed by atoms with Crippen LogP contribution in [0.15, 0.2) is 59.9 Å². The molecular formula is C20H18FN3O2S. The van der Waals surface area contributed by atoms with Gasteiger partial charge in [-0.2, -0.15) is 0 Å². The minimum absolute atomic E-state index is 0.212. The number of aromatic amines is 1. The first-order chi connectivity index (χ1) is 12.9. The number of carbonyl (C=O) groups is 1. The second-order valence-corrected chi connectivity index (χ2v) is 6.57. The Bertz CT molecular complexity index is 1130. The Kier molecular flexibility index (Phi) is 5.32. The monoisotopic (exact) mass is 383 g/mol. The lowest BCUT2D eigenvalue weighted by molar-refractivity contribution is 0.0785. The zero-order valence-electron chi connectivity index (χ0n) is 14.7. The number of fused-ring (bicyclic) bond motifs is 1. The van der Waals surface area contributed by atoms with Gasteiger partial charge in [-0.1, -0.05) is 18.2 Å². The van der Waals surface area contributed by atoms with E-state index in [-0.39, 0.29) is 22.1 Å². The zero-order chi connectivity index (χ0) is 19.6. The van der Waals surface area contributed by atoms with Crippen molar-refractivity contribution in [2.75, 3.05) is 7.05 Å². The Balaban J connectivity index is 1.92. The highest BCUT2D eigenvalue weighted by Crippen LogP contribution is 2.14. The first-order valence-corrected chi connectivity index (χ1v) is 8.69. The summed E-state index contributed by atoms with van der Waals surface area (Å²) in [4.78, 5) is 29.8. The second-order valence-electron chi connectivity index (χ2n) is 6.18. The fraction of sp³-hybridized carbons (Fsp3) is 0.150. The van der Waals surface area contributed by atoms with Crippen LogP contribution in [0.5, 0.6) is 0 Å². The summed E-state index contributed by atoms with van der Waals surface area (Å²) in [5, 5.41) is 0.447. The molecule has 1 amide bonds. The van der Waals surface area contributed by atoms with Crippen molar-refractivity contribution >= 4 is 29.0 Å². The van der Waals surface area contributed by atoms with Crippen molar-refractivity contribution in [2.24, 2.45) is 0 Å². The lowest BCUT2D eigenvalue weighted by Gasteiger charge is -2.17. The summed E-state index contributed by atoms with van der Waals surface area (Å²) in [7, 11) is 1.67. The van der Waals surface area contributed by atoms with Crippen LogP contribution in [0.3, 0.4) is 0 Å². The van der Waals surface area contributed by atoms with Crippen LogP contribution in [0.1, 0.15) is 15.9 Å². The number of amides is 1. The summed E-state index contributed by atoms with van der Waals surface area (Å²) in [5.74, 6) is -0.532. The Labute approximate surface area is 160 Å². The molecule has 1 aromatic heterocycles. The van der Waals surface area contributed by atoms with E-state index in [2.05, 4.69) is 11.6 Å². The maximum atomic E-state index is 13.0. The van der Waals surface area contributed by atoms with Gasteiger partial charge in [-0.3, -0.25) is 14.2 Å². The van der Waals surface area contributed by atoms with Gasteiger partial charge in [0.2, 0.25) is 0 Å². The quantitative estimate of drug-likeness (QED) is 0.540. The molecule has 0 radical (unpaired) electrons. The standard InChI is InChI=1S/C20H18FN3O2S/c1-3-10-24-19(26)16-9-6-14(11-17(16)22-20(24)27)18(25)23(2)12-13-4-7-15(21)8-5-13/h3-9,11H,1,10,12H2,2H3,(H,22,27). The number of H-pyrrole nitrogens is 1. The highest BCUT2D eigenvalue weighted by molar-refractivity contribution is 7.71. The number of carbonyl (C=O) groups excluding carboxylic acids is 1. The Morgan fingerprint density at radius 1 is 1.30 bits per heavy atom. The molecule has 0 unspecified atom stereocenters. The van der Waals surface area contributed by atoms with Gasteiger partial charge < -0.3 is 9.88 Å². The summed E-state index contributed by atoms with van der Waals surface area (Å²) in [6, 6.07) is 10.8. The van der Waals surface area contributed by atoms with Crippen LogP contribution in [-0.4, -0.2) is 27.4 Å². The van der Waals surface area contributed by atoms with Gasteiger partial charge in [0.05, 0.1) is 10.9 Å². The lowest BCUT2D eigenvalue weighted by atomic mass is 10.1. The highest BCUT2D eigenvalue weighted by Gasteiger charge is 2.14. The maximum absolute atomic E-state index is 13.0. The van der Waals surface area contributed by atoms with Crippen molar-refractivity contribution < 1.29 is 9.18 Å². The molecule has 5 nitrogen and oxygen atoms in total. The number of halogens is 1. The smallest absolute Gasteiger partial charge is 0.262 e. The predicted molar refractivity (Wildman–Crippen MR) is 106 cm³/mol. The summed E-state index contributed by atoms with van der Waals surface area (Å²) < 4.78 is 14.7. The van der Waals surface area contributed by atoms with Gasteiger partial charge in [0.25, 0.3) is 11.5 Å². The number of rotatable bonds is 5. The van der Waals surface area contributed by atoms with E-state index in [1.807, 2.05) is 0 Å². The molecule has 0 bridgehead atoms. The molecule has 0 atom stereocenters. The van der Waals surface area contributed by atoms with Crippen LogP contribution in [0, 0.1) is 10.6 Å². The minimum atomic E-state index is -0.320. The minimum Gasteiger partial charge on any atom is -0.337 e. The van der Waals surface area contributed by atoms with Crippen molar-refractivity contribution in [1.82, 2.24) is 14.5 Å². The normalized spacial score (nSPS) is 10.7. The fourth-order valence-electron chi connectivity index (χ4n) is 2.84. The second kappa shape index (κ2) is 7.67. The van der Waals surface area contributed by atoms with Crippen LogP contribution in [-0.2, 0) is 13.1 Å². The number of nitrogens with zero attached hydrogens (tertiary/aromatic N) is 2. The van der Waals surface area contributed by atoms with Gasteiger partial charge in [-0.25, -0.2) is 4.39 Å². The largest absolute Gasteiger partial charge is 0.337 e. The number of allylic oxidation sites excluding steroid dienone is 1. The molecule has 27 heavy (non-hydrogen) atoms. The Hall–Kier alpha value is -3.06. The Morgan fingerprint density at radius 2 is 2.00 bits per heavy atom. The molecule has 1 heterocycles. The van der Waals surface area contributed by atoms with Crippen LogP contribution in [0.2, 0.25) is 0 Å². The molecule has 2 aromatic carbocycles. The van der Waals surface area contributed by atoms with Crippen molar-refractivity contribution in [2.45, 2.75) is 13.1 Å². The van der Waals surface area contributed by atoms with Gasteiger partial charge in [-0.15, -0.1) is 6.58 Å². The fourth-order valence-corrected chi connectivity index (χ4v) is 3.11. The molecule has 0 aliphatic carbocycles. The van der Waals surface area contributed by atoms with Gasteiger partial charge in [0, 0.05) is 25.7 Å². The molecule has 0 aliphatic heterocycles. The van der Waals surface area contributed by atoms with Crippen LogP contribution in [0.4, 0.5) is 4.39 Å². The number of hydrogen-bond acceptors (Lipinski definition) is 3. The molecule has 3 aromatic rings. The summed E-state index contributed by atoms with van der Waals surface area (Å²) in [6.45, 7) is 4.28. The Morgan fingerprint density at radius 3 is 2.67 bits per heavy atom. The van der Waals surface area contributed by atoms with E-state index in [0.29, 0.717) is 29.6 Å². The van der Waals surface area contributed by atoms with Gasteiger partial charge in [-0.05, 0) is 48.1 Å². The third-order valence-electron chi connectivity index (χ3n) is 4.22. The first kappa shape index (κ1) is 18.7. The average molecular weight is 383 g/mol. The van der Waals surface area contributed by atoms with E-state index in [9.17, 15) is 14.0 Å². The predicted octanol–water partition coefficient (Wildman–Crippen LogP) is 3.66. The summed E-state index contributed by atoms with van der Waals surface area (Å²) in [6.07, 6.45) is 1.60. The lowest BCUT2D eigenvalue weighted by Crippen LogP contribution is -2.26. The number of hydrogen-bond donors (Lipinski definition) is 1. The number of aromatic nitrogens is 2. The van der Waals surface area contributed by atoms with E-state index in [4.69, 9.17) is 12.2 Å². The molecule has 7 heteroatoms. The topological polar surface area (TPSA) is 58.1 Å². The molecule has 0 saturated heterocycles. The van der Waals surface area contributed by atoms with E-state index in [1.54, 1.807) is 43.5 Å². The van der Waals surface area contributed by atoms with Gasteiger partial charge in [0.1, 0.15) is 5.82 Å². The molecule has 1 N–H and O–H groups in total. The summed E-state index contributed by atoms with van der Waals surface area (Å²) in [5.41, 5.74) is 1.53. The molecule has 3 rings (SSSR count). The summed E-state index contributed by atoms with van der Waals surface area (Å²) >= 11 is 5.22. The van der Waals surface area contributed by atoms with E-state index in [1.165, 1.54) is 21.6 Å². The van der Waals surface area contributed by atoms with Crippen molar-refractivity contribution in [3.8, 4) is 0 Å². The number of benzene rings is 2. The van der Waals surface area contributed by atoms with E-state index in [0.717, 1.165) is 5.56 Å². The number of nitrogens with one attached hydrogen (secondary N) is 1. The highest BCUT2D eigenvalue weighted by atomic mass is 32.1. The zero-order valence-corrected chi connectivity index (χ0v) is 15.6. The molecule has 0 aliphatic rings. The van der Waals surface area contributed by atoms with Crippen LogP contribution >= 0.6 is 12.2 Å². The first-order valence-electron chi connectivity index (χ1n) is 8.28. The molecule has 0 fully saturated rings. The van der Waals surface area contributed by atoms with Gasteiger partial charge >= 0.3 is 0 Å². The SMILES string of the molecule is C=CCn1c(=S)[nH]c2cc(C(=O)N(C)Cc3ccc(F)cc3)ccc2c1=O. The van der Waals surface area contributed by atoms with Gasteiger partial charge in [0.15, 0.2) is 4.77 Å². The van der Waals surface area contributed by atoms with E-state index >= 15 is 0 Å². The molecule has 0 saturated carbocycles. The van der Waals surface area contributed by atoms with Crippen molar-refractivity contribution in [1.29, 1.82) is 0 Å².